The van der Waals surface area contributed by atoms with E-state index in [1.807, 2.05) is 30.3 Å². The van der Waals surface area contributed by atoms with E-state index in [4.69, 9.17) is 13.9 Å². The number of methoxy groups -OCH3 is 1. The van der Waals surface area contributed by atoms with Gasteiger partial charge in [-0.3, -0.25) is 0 Å². The van der Waals surface area contributed by atoms with E-state index in [0.717, 1.165) is 12.2 Å². The van der Waals surface area contributed by atoms with Gasteiger partial charge in [0, 0.05) is 0 Å². The number of oxazole rings is 1. The van der Waals surface area contributed by atoms with Gasteiger partial charge in [0.05, 0.1) is 12.7 Å². The summed E-state index contributed by atoms with van der Waals surface area (Å²) in [5, 5.41) is 0. The first-order chi connectivity index (χ1) is 12.1. The SMILES string of the molecule is COC(=O)c1ccc2nc(C(CC(C)C)Oc3ccccc3)oc2c1. The average Bonchev–Trinajstić information content (AvgIpc) is 3.04. The predicted molar refractivity (Wildman–Crippen MR) is 94.6 cm³/mol. The van der Waals surface area contributed by atoms with Gasteiger partial charge in [-0.1, -0.05) is 32.0 Å². The second kappa shape index (κ2) is 7.38. The van der Waals surface area contributed by atoms with Crippen molar-refractivity contribution >= 4 is 17.1 Å². The van der Waals surface area contributed by atoms with Crippen LogP contribution in [0.3, 0.4) is 0 Å². The molecule has 2 aromatic carbocycles. The monoisotopic (exact) mass is 339 g/mol. The lowest BCUT2D eigenvalue weighted by Crippen LogP contribution is -2.11. The summed E-state index contributed by atoms with van der Waals surface area (Å²) < 4.78 is 16.7. The molecule has 0 bridgehead atoms. The zero-order chi connectivity index (χ0) is 17.8. The highest BCUT2D eigenvalue weighted by molar-refractivity contribution is 5.93. The van der Waals surface area contributed by atoms with Gasteiger partial charge >= 0.3 is 5.97 Å². The smallest absolute Gasteiger partial charge is 0.337 e. The molecule has 0 amide bonds. The van der Waals surface area contributed by atoms with Crippen LogP contribution in [0, 0.1) is 5.92 Å². The van der Waals surface area contributed by atoms with Gasteiger partial charge in [0.1, 0.15) is 11.3 Å². The van der Waals surface area contributed by atoms with Crippen molar-refractivity contribution in [2.45, 2.75) is 26.4 Å². The summed E-state index contributed by atoms with van der Waals surface area (Å²) in [7, 11) is 1.35. The first-order valence-corrected chi connectivity index (χ1v) is 8.27. The van der Waals surface area contributed by atoms with Crippen molar-refractivity contribution in [1.29, 1.82) is 0 Å². The van der Waals surface area contributed by atoms with Crippen LogP contribution in [0.25, 0.3) is 11.1 Å². The van der Waals surface area contributed by atoms with Crippen molar-refractivity contribution in [3.05, 3.63) is 60.0 Å². The highest BCUT2D eigenvalue weighted by Crippen LogP contribution is 2.30. The van der Waals surface area contributed by atoms with Crippen molar-refractivity contribution in [2.75, 3.05) is 7.11 Å². The Morgan fingerprint density at radius 2 is 1.92 bits per heavy atom. The van der Waals surface area contributed by atoms with Crippen LogP contribution in [0.5, 0.6) is 5.75 Å². The minimum absolute atomic E-state index is 0.295. The van der Waals surface area contributed by atoms with Gasteiger partial charge < -0.3 is 13.9 Å². The number of para-hydroxylation sites is 1. The third-order valence-corrected chi connectivity index (χ3v) is 3.81. The Kier molecular flexibility index (Phi) is 5.03. The van der Waals surface area contributed by atoms with Gasteiger partial charge in [-0.15, -0.1) is 0 Å². The number of fused-ring (bicyclic) bond motifs is 1. The molecule has 0 aliphatic rings. The van der Waals surface area contributed by atoms with E-state index >= 15 is 0 Å². The Labute approximate surface area is 146 Å². The van der Waals surface area contributed by atoms with Crippen molar-refractivity contribution in [3.63, 3.8) is 0 Å². The molecule has 1 unspecified atom stereocenters. The summed E-state index contributed by atoms with van der Waals surface area (Å²) >= 11 is 0. The molecular weight excluding hydrogens is 318 g/mol. The highest BCUT2D eigenvalue weighted by atomic mass is 16.5. The lowest BCUT2D eigenvalue weighted by Gasteiger charge is -2.17. The van der Waals surface area contributed by atoms with Crippen LogP contribution in [0.2, 0.25) is 0 Å². The summed E-state index contributed by atoms with van der Waals surface area (Å²) in [5.41, 5.74) is 1.67. The summed E-state index contributed by atoms with van der Waals surface area (Å²) in [4.78, 5) is 16.2. The minimum atomic E-state index is -0.404. The topological polar surface area (TPSA) is 61.6 Å². The number of ether oxygens (including phenoxy) is 2. The molecule has 0 fully saturated rings. The van der Waals surface area contributed by atoms with Crippen LogP contribution in [0.1, 0.15) is 42.6 Å². The molecule has 1 aromatic heterocycles. The van der Waals surface area contributed by atoms with E-state index in [0.29, 0.717) is 28.5 Å². The molecule has 1 heterocycles. The number of rotatable bonds is 6. The summed E-state index contributed by atoms with van der Waals surface area (Å²) in [6.07, 6.45) is 0.474. The number of aromatic nitrogens is 1. The third-order valence-electron chi connectivity index (χ3n) is 3.81. The van der Waals surface area contributed by atoms with Crippen molar-refractivity contribution < 1.29 is 18.7 Å². The van der Waals surface area contributed by atoms with Crippen LogP contribution >= 0.6 is 0 Å². The quantitative estimate of drug-likeness (QED) is 0.605. The molecule has 25 heavy (non-hydrogen) atoms. The molecule has 5 heteroatoms. The van der Waals surface area contributed by atoms with E-state index in [1.165, 1.54) is 7.11 Å². The standard InChI is InChI=1S/C20H21NO4/c1-13(2)11-18(24-15-7-5-4-6-8-15)19-21-16-10-9-14(20(22)23-3)12-17(16)25-19/h4-10,12-13,18H,11H2,1-3H3. The van der Waals surface area contributed by atoms with Gasteiger partial charge in [-0.25, -0.2) is 9.78 Å². The zero-order valence-electron chi connectivity index (χ0n) is 14.6. The van der Waals surface area contributed by atoms with Crippen molar-refractivity contribution in [1.82, 2.24) is 4.98 Å². The molecule has 0 aliphatic heterocycles. The minimum Gasteiger partial charge on any atom is -0.481 e. The number of carbonyl (C=O) groups is 1. The van der Waals surface area contributed by atoms with Crippen molar-refractivity contribution in [2.24, 2.45) is 5.92 Å². The molecule has 0 aliphatic carbocycles. The second-order valence-electron chi connectivity index (χ2n) is 6.28. The Balaban J connectivity index is 1.93. The van der Waals surface area contributed by atoms with Crippen molar-refractivity contribution in [3.8, 4) is 5.75 Å². The summed E-state index contributed by atoms with van der Waals surface area (Å²) in [6.45, 7) is 4.25. The number of carbonyl (C=O) groups excluding carboxylic acids is 1. The van der Waals surface area contributed by atoms with E-state index < -0.39 is 5.97 Å². The van der Waals surface area contributed by atoms with Gasteiger partial charge in [-0.05, 0) is 42.7 Å². The molecule has 1 atom stereocenters. The fraction of sp³-hybridized carbons (Fsp3) is 0.300. The third kappa shape index (κ3) is 3.99. The fourth-order valence-corrected chi connectivity index (χ4v) is 2.62. The maximum atomic E-state index is 11.7. The highest BCUT2D eigenvalue weighted by Gasteiger charge is 2.22. The largest absolute Gasteiger partial charge is 0.481 e. The van der Waals surface area contributed by atoms with Crippen LogP contribution in [0.15, 0.2) is 52.9 Å². The predicted octanol–water partition coefficient (Wildman–Crippen LogP) is 4.78. The molecule has 0 spiro atoms. The van der Waals surface area contributed by atoms with E-state index in [2.05, 4.69) is 18.8 Å². The maximum absolute atomic E-state index is 11.7. The van der Waals surface area contributed by atoms with Gasteiger partial charge in [0.2, 0.25) is 5.89 Å². The van der Waals surface area contributed by atoms with E-state index in [1.54, 1.807) is 18.2 Å². The number of hydrogen-bond acceptors (Lipinski definition) is 5. The molecular formula is C20H21NO4. The first-order valence-electron chi connectivity index (χ1n) is 8.27. The maximum Gasteiger partial charge on any atom is 0.337 e. The molecule has 130 valence electrons. The van der Waals surface area contributed by atoms with Gasteiger partial charge in [0.25, 0.3) is 0 Å². The average molecular weight is 339 g/mol. The number of benzene rings is 2. The van der Waals surface area contributed by atoms with Gasteiger partial charge in [0.15, 0.2) is 11.7 Å². The Bertz CT molecular complexity index is 855. The van der Waals surface area contributed by atoms with Crippen LogP contribution < -0.4 is 4.74 Å². The molecule has 3 aromatic rings. The van der Waals surface area contributed by atoms with E-state index in [9.17, 15) is 4.79 Å². The molecule has 0 N–H and O–H groups in total. The normalized spacial score (nSPS) is 12.3. The lowest BCUT2D eigenvalue weighted by molar-refractivity contribution is 0.0601. The van der Waals surface area contributed by atoms with Crippen LogP contribution in [-0.2, 0) is 4.74 Å². The van der Waals surface area contributed by atoms with E-state index in [-0.39, 0.29) is 6.10 Å². The molecule has 5 nitrogen and oxygen atoms in total. The molecule has 0 radical (unpaired) electrons. The molecule has 3 rings (SSSR count). The van der Waals surface area contributed by atoms with Gasteiger partial charge in [-0.2, -0.15) is 0 Å². The summed E-state index contributed by atoms with van der Waals surface area (Å²) in [6, 6.07) is 14.7. The molecule has 0 saturated carbocycles. The Hall–Kier alpha value is -2.82. The fourth-order valence-electron chi connectivity index (χ4n) is 2.62. The lowest BCUT2D eigenvalue weighted by atomic mass is 10.1. The Morgan fingerprint density at radius 1 is 1.16 bits per heavy atom. The van der Waals surface area contributed by atoms with Crippen LogP contribution in [0.4, 0.5) is 0 Å². The van der Waals surface area contributed by atoms with Crippen LogP contribution in [-0.4, -0.2) is 18.1 Å². The summed E-state index contributed by atoms with van der Waals surface area (Å²) in [5.74, 6) is 1.29. The zero-order valence-corrected chi connectivity index (χ0v) is 14.6. The molecule has 0 saturated heterocycles. The first kappa shape index (κ1) is 17.0. The number of esters is 1. The number of nitrogens with zero attached hydrogens (tertiary/aromatic N) is 1. The second-order valence-corrected chi connectivity index (χ2v) is 6.28. The Morgan fingerprint density at radius 3 is 2.60 bits per heavy atom. The number of hydrogen-bond donors (Lipinski definition) is 0.